The van der Waals surface area contributed by atoms with Gasteiger partial charge < -0.3 is 15.4 Å². The molecule has 0 radical (unpaired) electrons. The van der Waals surface area contributed by atoms with Gasteiger partial charge in [0.2, 0.25) is 0 Å². The lowest BCUT2D eigenvalue weighted by Crippen LogP contribution is -2.53. The Balaban J connectivity index is 1.75. The van der Waals surface area contributed by atoms with Crippen LogP contribution in [0.4, 0.5) is 13.6 Å². The molecule has 1 aliphatic carbocycles. The molecule has 1 unspecified atom stereocenters. The van der Waals surface area contributed by atoms with Gasteiger partial charge in [0.05, 0.1) is 0 Å². The molecule has 4 nitrogen and oxygen atoms in total. The van der Waals surface area contributed by atoms with Crippen molar-refractivity contribution in [1.29, 1.82) is 0 Å². The van der Waals surface area contributed by atoms with E-state index in [0.717, 1.165) is 18.9 Å². The predicted molar refractivity (Wildman–Crippen MR) is 84.1 cm³/mol. The normalized spacial score (nSPS) is 22.2. The Morgan fingerprint density at radius 3 is 2.43 bits per heavy atom. The first-order chi connectivity index (χ1) is 10.6. The van der Waals surface area contributed by atoms with Crippen molar-refractivity contribution < 1.29 is 18.3 Å². The van der Waals surface area contributed by atoms with Crippen LogP contribution >= 0.6 is 0 Å². The van der Waals surface area contributed by atoms with E-state index in [1.807, 2.05) is 27.7 Å². The molecular weight excluding hydrogens is 302 g/mol. The minimum atomic E-state index is -0.841. The number of carbonyl (C=O) groups excluding carboxylic acids is 1. The molecule has 23 heavy (non-hydrogen) atoms. The van der Waals surface area contributed by atoms with E-state index in [2.05, 4.69) is 10.6 Å². The number of hydrogen-bond acceptors (Lipinski definition) is 3. The zero-order valence-corrected chi connectivity index (χ0v) is 14.0. The molecule has 0 aromatic heterocycles. The van der Waals surface area contributed by atoms with Crippen molar-refractivity contribution in [2.45, 2.75) is 64.3 Å². The Hall–Kier alpha value is -1.69. The summed E-state index contributed by atoms with van der Waals surface area (Å²) in [6, 6.07) is 4.15. The molecule has 0 bridgehead atoms. The lowest BCUT2D eigenvalue weighted by Gasteiger charge is -2.38. The zero-order chi connectivity index (χ0) is 17.2. The minimum absolute atomic E-state index is 0.0829. The van der Waals surface area contributed by atoms with Crippen molar-refractivity contribution in [1.82, 2.24) is 10.6 Å². The summed E-state index contributed by atoms with van der Waals surface area (Å²) in [6.45, 7) is 7.37. The lowest BCUT2D eigenvalue weighted by atomic mass is 9.86. The topological polar surface area (TPSA) is 50.4 Å². The fourth-order valence-electron chi connectivity index (χ4n) is 2.58. The molecule has 2 N–H and O–H groups in total. The maximum atomic E-state index is 13.2. The third-order valence-corrected chi connectivity index (χ3v) is 3.79. The summed E-state index contributed by atoms with van der Waals surface area (Å²) >= 11 is 0. The summed E-state index contributed by atoms with van der Waals surface area (Å²) in [5.41, 5.74) is 0.194. The smallest absolute Gasteiger partial charge is 0.407 e. The van der Waals surface area contributed by atoms with E-state index in [4.69, 9.17) is 4.74 Å². The molecule has 0 spiro atoms. The van der Waals surface area contributed by atoms with Crippen LogP contribution in [0, 0.1) is 11.6 Å². The zero-order valence-electron chi connectivity index (χ0n) is 14.0. The molecule has 1 atom stereocenters. The Morgan fingerprint density at radius 2 is 1.87 bits per heavy atom. The van der Waals surface area contributed by atoms with Gasteiger partial charge in [0, 0.05) is 18.1 Å². The number of hydrogen-bond donors (Lipinski definition) is 2. The van der Waals surface area contributed by atoms with Crippen LogP contribution in [0.1, 0.15) is 52.1 Å². The molecule has 1 fully saturated rings. The third-order valence-electron chi connectivity index (χ3n) is 3.79. The van der Waals surface area contributed by atoms with Gasteiger partial charge in [-0.2, -0.15) is 0 Å². The van der Waals surface area contributed by atoms with Crippen molar-refractivity contribution in [3.05, 3.63) is 35.4 Å². The predicted octanol–water partition coefficient (Wildman–Crippen LogP) is 3.67. The number of halogens is 2. The highest BCUT2D eigenvalue weighted by Gasteiger charge is 2.32. The molecule has 1 aromatic rings. The van der Waals surface area contributed by atoms with Crippen molar-refractivity contribution in [3.8, 4) is 0 Å². The van der Waals surface area contributed by atoms with E-state index in [9.17, 15) is 13.6 Å². The number of nitrogens with one attached hydrogen (secondary N) is 2. The van der Waals surface area contributed by atoms with Crippen LogP contribution in [0.2, 0.25) is 0 Å². The van der Waals surface area contributed by atoms with Gasteiger partial charge in [0.25, 0.3) is 0 Å². The van der Waals surface area contributed by atoms with E-state index < -0.39 is 23.3 Å². The van der Waals surface area contributed by atoms with Gasteiger partial charge in [-0.05, 0) is 58.2 Å². The third kappa shape index (κ3) is 5.16. The van der Waals surface area contributed by atoms with Crippen molar-refractivity contribution in [2.24, 2.45) is 0 Å². The molecule has 6 heteroatoms. The minimum Gasteiger partial charge on any atom is -0.444 e. The first-order valence-electron chi connectivity index (χ1n) is 7.84. The summed E-state index contributed by atoms with van der Waals surface area (Å²) < 4.78 is 31.4. The van der Waals surface area contributed by atoms with Gasteiger partial charge in [0.1, 0.15) is 5.60 Å². The summed E-state index contributed by atoms with van der Waals surface area (Å²) in [5, 5.41) is 6.17. The molecular formula is C17H24F2N2O2. The molecule has 1 saturated carbocycles. The molecule has 1 aliphatic rings. The highest BCUT2D eigenvalue weighted by atomic mass is 19.2. The monoisotopic (exact) mass is 326 g/mol. The Morgan fingerprint density at radius 1 is 1.22 bits per heavy atom. The van der Waals surface area contributed by atoms with Gasteiger partial charge in [-0.25, -0.2) is 13.6 Å². The molecule has 128 valence electrons. The highest BCUT2D eigenvalue weighted by Crippen LogP contribution is 2.25. The first-order valence-corrected chi connectivity index (χ1v) is 7.84. The average Bonchev–Trinajstić information content (AvgIpc) is 2.37. The summed E-state index contributed by atoms with van der Waals surface area (Å²) in [7, 11) is 0. The van der Waals surface area contributed by atoms with Crippen LogP contribution in [0.25, 0.3) is 0 Å². The SMILES string of the molecule is CC(NC1CC(NC(=O)OC(C)(C)C)C1)c1ccc(F)c(F)c1. The van der Waals surface area contributed by atoms with Crippen LogP contribution in [0.15, 0.2) is 18.2 Å². The van der Waals surface area contributed by atoms with Crippen LogP contribution in [0.3, 0.4) is 0 Å². The number of ether oxygens (including phenoxy) is 1. The molecule has 1 aromatic carbocycles. The summed E-state index contributed by atoms with van der Waals surface area (Å²) in [4.78, 5) is 11.7. The maximum Gasteiger partial charge on any atom is 0.407 e. The summed E-state index contributed by atoms with van der Waals surface area (Å²) in [6.07, 6.45) is 1.16. The van der Waals surface area contributed by atoms with Crippen LogP contribution < -0.4 is 10.6 Å². The van der Waals surface area contributed by atoms with Crippen LogP contribution in [-0.2, 0) is 4.74 Å². The van der Waals surface area contributed by atoms with Gasteiger partial charge in [-0.1, -0.05) is 6.07 Å². The van der Waals surface area contributed by atoms with E-state index in [0.29, 0.717) is 5.56 Å². The molecule has 0 heterocycles. The second kappa shape index (κ2) is 6.83. The highest BCUT2D eigenvalue weighted by molar-refractivity contribution is 5.68. The van der Waals surface area contributed by atoms with E-state index >= 15 is 0 Å². The molecule has 1 amide bonds. The largest absolute Gasteiger partial charge is 0.444 e. The molecule has 2 rings (SSSR count). The number of rotatable bonds is 4. The second-order valence-corrected chi connectivity index (χ2v) is 7.07. The Kier molecular flexibility index (Phi) is 5.24. The quantitative estimate of drug-likeness (QED) is 0.887. The van der Waals surface area contributed by atoms with Gasteiger partial charge in [-0.3, -0.25) is 0 Å². The lowest BCUT2D eigenvalue weighted by molar-refractivity contribution is 0.0463. The number of benzene rings is 1. The van der Waals surface area contributed by atoms with E-state index in [1.165, 1.54) is 6.07 Å². The fraction of sp³-hybridized carbons (Fsp3) is 0.588. The average molecular weight is 326 g/mol. The van der Waals surface area contributed by atoms with Crippen LogP contribution in [-0.4, -0.2) is 23.8 Å². The fourth-order valence-corrected chi connectivity index (χ4v) is 2.58. The van der Waals surface area contributed by atoms with Crippen molar-refractivity contribution in [2.75, 3.05) is 0 Å². The first kappa shape index (κ1) is 17.7. The second-order valence-electron chi connectivity index (χ2n) is 7.07. The molecule has 0 saturated heterocycles. The Bertz CT molecular complexity index is 566. The number of amides is 1. The van der Waals surface area contributed by atoms with Crippen molar-refractivity contribution in [3.63, 3.8) is 0 Å². The van der Waals surface area contributed by atoms with Gasteiger partial charge in [0.15, 0.2) is 11.6 Å². The van der Waals surface area contributed by atoms with Crippen LogP contribution in [0.5, 0.6) is 0 Å². The van der Waals surface area contributed by atoms with E-state index in [1.54, 1.807) is 6.07 Å². The van der Waals surface area contributed by atoms with Crippen molar-refractivity contribution >= 4 is 6.09 Å². The number of alkyl carbamates (subject to hydrolysis) is 1. The van der Waals surface area contributed by atoms with Gasteiger partial charge >= 0.3 is 6.09 Å². The Labute approximate surface area is 135 Å². The number of carbonyl (C=O) groups is 1. The standard InChI is InChI=1S/C17H24F2N2O2/c1-10(11-5-6-14(18)15(19)7-11)20-12-8-13(9-12)21-16(22)23-17(2,3)4/h5-7,10,12-13,20H,8-9H2,1-4H3,(H,21,22). The van der Waals surface area contributed by atoms with Gasteiger partial charge in [-0.15, -0.1) is 0 Å². The van der Waals surface area contributed by atoms with E-state index in [-0.39, 0.29) is 18.1 Å². The maximum absolute atomic E-state index is 13.2. The summed E-state index contributed by atoms with van der Waals surface area (Å²) in [5.74, 6) is -1.68. The molecule has 0 aliphatic heterocycles.